The summed E-state index contributed by atoms with van der Waals surface area (Å²) >= 11 is 0. The van der Waals surface area contributed by atoms with Crippen LogP contribution in [0.2, 0.25) is 0 Å². The number of hydrogen-bond donors (Lipinski definition) is 1. The van der Waals surface area contributed by atoms with Crippen molar-refractivity contribution >= 4 is 10.0 Å². The number of rotatable bonds is 6. The SMILES string of the molecule is CCS(=O)(=O)NCC1CN(Cc2ccccn2)Cc2ccnn21. The molecule has 1 unspecified atom stereocenters. The Hall–Kier alpha value is -1.77. The molecule has 0 aliphatic carbocycles. The van der Waals surface area contributed by atoms with Gasteiger partial charge in [-0.25, -0.2) is 13.1 Å². The molecular weight excluding hydrogens is 314 g/mol. The van der Waals surface area contributed by atoms with Gasteiger partial charge in [0.05, 0.1) is 23.2 Å². The lowest BCUT2D eigenvalue weighted by Crippen LogP contribution is -2.43. The predicted octanol–water partition coefficient (Wildman–Crippen LogP) is 0.774. The van der Waals surface area contributed by atoms with E-state index < -0.39 is 10.0 Å². The largest absolute Gasteiger partial charge is 0.290 e. The third kappa shape index (κ3) is 3.95. The molecule has 2 aromatic rings. The maximum absolute atomic E-state index is 11.7. The van der Waals surface area contributed by atoms with Crippen LogP contribution in [0.5, 0.6) is 0 Å². The van der Waals surface area contributed by atoms with Gasteiger partial charge < -0.3 is 0 Å². The molecule has 8 heteroatoms. The number of nitrogens with zero attached hydrogens (tertiary/aromatic N) is 4. The van der Waals surface area contributed by atoms with Crippen molar-refractivity contribution in [2.24, 2.45) is 0 Å². The zero-order valence-corrected chi connectivity index (χ0v) is 13.9. The molecule has 0 spiro atoms. The molecule has 0 saturated carbocycles. The van der Waals surface area contributed by atoms with Crippen molar-refractivity contribution < 1.29 is 8.42 Å². The van der Waals surface area contributed by atoms with Crippen LogP contribution in [0.15, 0.2) is 36.7 Å². The van der Waals surface area contributed by atoms with Gasteiger partial charge in [0.15, 0.2) is 0 Å². The maximum Gasteiger partial charge on any atom is 0.211 e. The number of sulfonamides is 1. The van der Waals surface area contributed by atoms with Crippen molar-refractivity contribution in [1.82, 2.24) is 24.4 Å². The Balaban J connectivity index is 1.72. The van der Waals surface area contributed by atoms with Crippen molar-refractivity contribution in [3.63, 3.8) is 0 Å². The standard InChI is InChI=1S/C15H21N5O2S/c1-2-23(21,22)18-9-15-12-19(10-13-5-3-4-7-16-13)11-14-6-8-17-20(14)15/h3-8,15,18H,2,9-12H2,1H3. The smallest absolute Gasteiger partial charge is 0.211 e. The Morgan fingerprint density at radius 2 is 2.17 bits per heavy atom. The van der Waals surface area contributed by atoms with Crippen molar-refractivity contribution in [2.75, 3.05) is 18.8 Å². The molecule has 23 heavy (non-hydrogen) atoms. The van der Waals surface area contributed by atoms with Crippen LogP contribution < -0.4 is 4.72 Å². The van der Waals surface area contributed by atoms with E-state index in [4.69, 9.17) is 0 Å². The van der Waals surface area contributed by atoms with Crippen LogP contribution in [0.3, 0.4) is 0 Å². The number of pyridine rings is 1. The van der Waals surface area contributed by atoms with Crippen LogP contribution >= 0.6 is 0 Å². The molecule has 7 nitrogen and oxygen atoms in total. The van der Waals surface area contributed by atoms with Crippen LogP contribution in [-0.4, -0.2) is 46.9 Å². The Labute approximate surface area is 136 Å². The van der Waals surface area contributed by atoms with E-state index in [1.54, 1.807) is 19.3 Å². The summed E-state index contributed by atoms with van der Waals surface area (Å²) < 4.78 is 28.0. The first-order chi connectivity index (χ1) is 11.1. The topological polar surface area (TPSA) is 80.1 Å². The van der Waals surface area contributed by atoms with Gasteiger partial charge in [-0.15, -0.1) is 0 Å². The summed E-state index contributed by atoms with van der Waals surface area (Å²) in [6.45, 7) is 4.24. The Kier molecular flexibility index (Phi) is 4.74. The fourth-order valence-electron chi connectivity index (χ4n) is 2.78. The molecule has 0 fully saturated rings. The van der Waals surface area contributed by atoms with E-state index in [0.717, 1.165) is 31.0 Å². The van der Waals surface area contributed by atoms with Gasteiger partial charge in [0.25, 0.3) is 0 Å². The number of nitrogens with one attached hydrogen (secondary N) is 1. The second-order valence-electron chi connectivity index (χ2n) is 5.66. The lowest BCUT2D eigenvalue weighted by Gasteiger charge is -2.33. The molecule has 1 aliphatic rings. The molecule has 0 amide bonds. The number of hydrogen-bond acceptors (Lipinski definition) is 5. The molecule has 2 aromatic heterocycles. The van der Waals surface area contributed by atoms with Gasteiger partial charge >= 0.3 is 0 Å². The van der Waals surface area contributed by atoms with Crippen LogP contribution in [0.1, 0.15) is 24.4 Å². The minimum atomic E-state index is -3.20. The zero-order valence-electron chi connectivity index (χ0n) is 13.1. The molecule has 0 aromatic carbocycles. The van der Waals surface area contributed by atoms with Gasteiger partial charge in [-0.05, 0) is 25.1 Å². The summed E-state index contributed by atoms with van der Waals surface area (Å²) in [7, 11) is -3.20. The molecule has 1 aliphatic heterocycles. The Morgan fingerprint density at radius 3 is 2.91 bits per heavy atom. The van der Waals surface area contributed by atoms with E-state index in [1.807, 2.05) is 28.9 Å². The third-order valence-corrected chi connectivity index (χ3v) is 5.35. The highest BCUT2D eigenvalue weighted by atomic mass is 32.2. The molecule has 3 rings (SSSR count). The fourth-order valence-corrected chi connectivity index (χ4v) is 3.43. The first-order valence-corrected chi connectivity index (χ1v) is 9.34. The van der Waals surface area contributed by atoms with Crippen LogP contribution in [0.4, 0.5) is 0 Å². The lowest BCUT2D eigenvalue weighted by atomic mass is 10.2. The Morgan fingerprint density at radius 1 is 1.30 bits per heavy atom. The highest BCUT2D eigenvalue weighted by molar-refractivity contribution is 7.89. The van der Waals surface area contributed by atoms with E-state index in [-0.39, 0.29) is 11.8 Å². The molecule has 0 radical (unpaired) electrons. The van der Waals surface area contributed by atoms with Gasteiger partial charge in [0, 0.05) is 38.6 Å². The van der Waals surface area contributed by atoms with E-state index in [2.05, 4.69) is 19.7 Å². The summed E-state index contributed by atoms with van der Waals surface area (Å²) in [5, 5.41) is 4.35. The predicted molar refractivity (Wildman–Crippen MR) is 87.1 cm³/mol. The number of aromatic nitrogens is 3. The first-order valence-electron chi connectivity index (χ1n) is 7.69. The van der Waals surface area contributed by atoms with E-state index in [1.165, 1.54) is 0 Å². The molecule has 3 heterocycles. The van der Waals surface area contributed by atoms with Crippen LogP contribution in [0.25, 0.3) is 0 Å². The van der Waals surface area contributed by atoms with Crippen LogP contribution in [-0.2, 0) is 23.1 Å². The normalized spacial score (nSPS) is 18.7. The van der Waals surface area contributed by atoms with Crippen LogP contribution in [0, 0.1) is 0 Å². The summed E-state index contributed by atoms with van der Waals surface area (Å²) in [5.41, 5.74) is 2.10. The van der Waals surface area contributed by atoms with Gasteiger partial charge in [0.2, 0.25) is 10.0 Å². The second kappa shape index (κ2) is 6.77. The summed E-state index contributed by atoms with van der Waals surface area (Å²) in [6, 6.07) is 7.84. The van der Waals surface area contributed by atoms with Crippen molar-refractivity contribution in [3.05, 3.63) is 48.0 Å². The molecule has 124 valence electrons. The number of fused-ring (bicyclic) bond motifs is 1. The van der Waals surface area contributed by atoms with Gasteiger partial charge in [-0.2, -0.15) is 5.10 Å². The highest BCUT2D eigenvalue weighted by Crippen LogP contribution is 2.21. The molecular formula is C15H21N5O2S. The minimum absolute atomic E-state index is 0.0150. The maximum atomic E-state index is 11.7. The Bertz CT molecular complexity index is 744. The van der Waals surface area contributed by atoms with Crippen molar-refractivity contribution in [1.29, 1.82) is 0 Å². The molecule has 1 N–H and O–H groups in total. The van der Waals surface area contributed by atoms with Gasteiger partial charge in [-0.1, -0.05) is 6.07 Å². The van der Waals surface area contributed by atoms with Gasteiger partial charge in [-0.3, -0.25) is 14.6 Å². The first kappa shape index (κ1) is 16.1. The summed E-state index contributed by atoms with van der Waals surface area (Å²) in [6.07, 6.45) is 3.55. The average molecular weight is 335 g/mol. The fraction of sp³-hybridized carbons (Fsp3) is 0.467. The quantitative estimate of drug-likeness (QED) is 0.844. The van der Waals surface area contributed by atoms with E-state index in [9.17, 15) is 8.42 Å². The lowest BCUT2D eigenvalue weighted by molar-refractivity contribution is 0.166. The highest BCUT2D eigenvalue weighted by Gasteiger charge is 2.26. The van der Waals surface area contributed by atoms with Crippen molar-refractivity contribution in [2.45, 2.75) is 26.1 Å². The summed E-state index contributed by atoms with van der Waals surface area (Å²) in [4.78, 5) is 6.63. The molecule has 1 atom stereocenters. The average Bonchev–Trinajstić information content (AvgIpc) is 3.02. The second-order valence-corrected chi connectivity index (χ2v) is 7.76. The third-order valence-electron chi connectivity index (χ3n) is 3.98. The monoisotopic (exact) mass is 335 g/mol. The van der Waals surface area contributed by atoms with E-state index in [0.29, 0.717) is 6.54 Å². The zero-order chi connectivity index (χ0) is 16.3. The van der Waals surface area contributed by atoms with E-state index >= 15 is 0 Å². The van der Waals surface area contributed by atoms with Crippen molar-refractivity contribution in [3.8, 4) is 0 Å². The van der Waals surface area contributed by atoms with Gasteiger partial charge in [0.1, 0.15) is 0 Å². The summed E-state index contributed by atoms with van der Waals surface area (Å²) in [5.74, 6) is 0.0866. The molecule has 0 bridgehead atoms. The minimum Gasteiger partial charge on any atom is -0.290 e. The molecule has 0 saturated heterocycles.